The first-order valence-electron chi connectivity index (χ1n) is 7.36. The van der Waals surface area contributed by atoms with Crippen molar-refractivity contribution in [1.82, 2.24) is 10.2 Å². The SMILES string of the molecule is CCC(C)NC(=O)N1CCCC1c1ccc(OC)cc1. The standard InChI is InChI=1S/C16H24N2O2/c1-4-12(2)17-16(19)18-11-5-6-15(18)13-7-9-14(20-3)10-8-13/h7-10,12,15H,4-6,11H2,1-3H3,(H,17,19). The average Bonchev–Trinajstić information content (AvgIpc) is 2.96. The Morgan fingerprint density at radius 3 is 2.75 bits per heavy atom. The van der Waals surface area contributed by atoms with E-state index in [1.807, 2.05) is 24.0 Å². The van der Waals surface area contributed by atoms with Crippen LogP contribution in [0, 0.1) is 0 Å². The molecule has 2 atom stereocenters. The molecule has 0 aliphatic carbocycles. The average molecular weight is 276 g/mol. The van der Waals surface area contributed by atoms with Crippen LogP contribution in [0.25, 0.3) is 0 Å². The second-order valence-corrected chi connectivity index (χ2v) is 5.38. The van der Waals surface area contributed by atoms with Gasteiger partial charge in [0.1, 0.15) is 5.75 Å². The quantitative estimate of drug-likeness (QED) is 0.916. The Hall–Kier alpha value is -1.71. The van der Waals surface area contributed by atoms with Gasteiger partial charge in [-0.05, 0) is 43.9 Å². The van der Waals surface area contributed by atoms with Gasteiger partial charge in [-0.1, -0.05) is 19.1 Å². The molecule has 1 N–H and O–H groups in total. The lowest BCUT2D eigenvalue weighted by atomic mass is 10.0. The van der Waals surface area contributed by atoms with Crippen LogP contribution < -0.4 is 10.1 Å². The number of urea groups is 1. The maximum atomic E-state index is 12.3. The maximum Gasteiger partial charge on any atom is 0.318 e. The molecule has 4 heteroatoms. The molecule has 0 saturated carbocycles. The molecule has 0 bridgehead atoms. The highest BCUT2D eigenvalue weighted by molar-refractivity contribution is 5.75. The van der Waals surface area contributed by atoms with Crippen LogP contribution in [0.2, 0.25) is 0 Å². The van der Waals surface area contributed by atoms with Crippen molar-refractivity contribution in [2.45, 2.75) is 45.2 Å². The van der Waals surface area contributed by atoms with Crippen molar-refractivity contribution < 1.29 is 9.53 Å². The highest BCUT2D eigenvalue weighted by atomic mass is 16.5. The third kappa shape index (κ3) is 3.24. The largest absolute Gasteiger partial charge is 0.497 e. The van der Waals surface area contributed by atoms with Crippen molar-refractivity contribution in [3.05, 3.63) is 29.8 Å². The summed E-state index contributed by atoms with van der Waals surface area (Å²) in [6, 6.07) is 8.48. The zero-order valence-electron chi connectivity index (χ0n) is 12.6. The molecule has 1 fully saturated rings. The minimum atomic E-state index is 0.0534. The van der Waals surface area contributed by atoms with Gasteiger partial charge in [-0.2, -0.15) is 0 Å². The first-order chi connectivity index (χ1) is 9.65. The van der Waals surface area contributed by atoms with Crippen LogP contribution in [0.1, 0.15) is 44.7 Å². The number of amides is 2. The Bertz CT molecular complexity index is 444. The summed E-state index contributed by atoms with van der Waals surface area (Å²) in [7, 11) is 1.66. The molecular weight excluding hydrogens is 252 g/mol. The predicted molar refractivity (Wildman–Crippen MR) is 80.0 cm³/mol. The molecule has 1 aromatic rings. The van der Waals surface area contributed by atoms with Crippen molar-refractivity contribution in [3.63, 3.8) is 0 Å². The molecule has 0 radical (unpaired) electrons. The van der Waals surface area contributed by atoms with Crippen LogP contribution in [0.3, 0.4) is 0 Å². The molecular formula is C16H24N2O2. The fourth-order valence-corrected chi connectivity index (χ4v) is 2.58. The molecule has 1 aliphatic rings. The molecule has 0 aromatic heterocycles. The zero-order valence-corrected chi connectivity index (χ0v) is 12.6. The van der Waals surface area contributed by atoms with Crippen LogP contribution in [0.4, 0.5) is 4.79 Å². The lowest BCUT2D eigenvalue weighted by Crippen LogP contribution is -2.43. The van der Waals surface area contributed by atoms with E-state index in [1.54, 1.807) is 7.11 Å². The highest BCUT2D eigenvalue weighted by Gasteiger charge is 2.30. The van der Waals surface area contributed by atoms with E-state index >= 15 is 0 Å². The van der Waals surface area contributed by atoms with Gasteiger partial charge in [-0.25, -0.2) is 4.79 Å². The molecule has 1 heterocycles. The van der Waals surface area contributed by atoms with Gasteiger partial charge < -0.3 is 15.0 Å². The molecule has 2 rings (SSSR count). The smallest absolute Gasteiger partial charge is 0.318 e. The topological polar surface area (TPSA) is 41.6 Å². The first kappa shape index (κ1) is 14.7. The van der Waals surface area contributed by atoms with Crippen LogP contribution in [0.5, 0.6) is 5.75 Å². The van der Waals surface area contributed by atoms with Crippen molar-refractivity contribution in [3.8, 4) is 5.75 Å². The molecule has 2 amide bonds. The van der Waals surface area contributed by atoms with E-state index in [1.165, 1.54) is 5.56 Å². The van der Waals surface area contributed by atoms with Gasteiger partial charge in [-0.15, -0.1) is 0 Å². The van der Waals surface area contributed by atoms with Crippen LogP contribution in [-0.4, -0.2) is 30.6 Å². The van der Waals surface area contributed by atoms with Gasteiger partial charge >= 0.3 is 6.03 Å². The zero-order chi connectivity index (χ0) is 14.5. The fraction of sp³-hybridized carbons (Fsp3) is 0.562. The molecule has 4 nitrogen and oxygen atoms in total. The summed E-state index contributed by atoms with van der Waals surface area (Å²) < 4.78 is 5.18. The normalized spacial score (nSPS) is 19.8. The third-order valence-corrected chi connectivity index (χ3v) is 4.00. The molecule has 1 saturated heterocycles. The van der Waals surface area contributed by atoms with E-state index in [2.05, 4.69) is 24.4 Å². The van der Waals surface area contributed by atoms with Gasteiger partial charge in [0.15, 0.2) is 0 Å². The number of nitrogens with zero attached hydrogens (tertiary/aromatic N) is 1. The fourth-order valence-electron chi connectivity index (χ4n) is 2.58. The highest BCUT2D eigenvalue weighted by Crippen LogP contribution is 2.32. The minimum Gasteiger partial charge on any atom is -0.497 e. The molecule has 1 aliphatic heterocycles. The molecule has 1 aromatic carbocycles. The van der Waals surface area contributed by atoms with Gasteiger partial charge in [-0.3, -0.25) is 0 Å². The summed E-state index contributed by atoms with van der Waals surface area (Å²) in [5.41, 5.74) is 1.18. The molecule has 110 valence electrons. The Balaban J connectivity index is 2.07. The van der Waals surface area contributed by atoms with Crippen LogP contribution in [-0.2, 0) is 0 Å². The lowest BCUT2D eigenvalue weighted by Gasteiger charge is -2.27. The Kier molecular flexibility index (Phi) is 4.88. The maximum absolute atomic E-state index is 12.3. The number of methoxy groups -OCH3 is 1. The van der Waals surface area contributed by atoms with Crippen molar-refractivity contribution in [2.24, 2.45) is 0 Å². The number of carbonyl (C=O) groups excluding carboxylic acids is 1. The van der Waals surface area contributed by atoms with Gasteiger partial charge in [0.25, 0.3) is 0 Å². The van der Waals surface area contributed by atoms with Crippen LogP contribution >= 0.6 is 0 Å². The summed E-state index contributed by atoms with van der Waals surface area (Å²) in [4.78, 5) is 14.3. The molecule has 2 unspecified atom stereocenters. The van der Waals surface area contributed by atoms with Gasteiger partial charge in [0.2, 0.25) is 0 Å². The molecule has 0 spiro atoms. The minimum absolute atomic E-state index is 0.0534. The monoisotopic (exact) mass is 276 g/mol. The third-order valence-electron chi connectivity index (χ3n) is 4.00. The van der Waals surface area contributed by atoms with E-state index in [0.29, 0.717) is 0 Å². The van der Waals surface area contributed by atoms with Crippen molar-refractivity contribution >= 4 is 6.03 Å². The van der Waals surface area contributed by atoms with E-state index in [0.717, 1.165) is 31.6 Å². The summed E-state index contributed by atoms with van der Waals surface area (Å²) in [6.45, 7) is 4.95. The number of carbonyl (C=O) groups is 1. The number of likely N-dealkylation sites (tertiary alicyclic amines) is 1. The van der Waals surface area contributed by atoms with E-state index in [4.69, 9.17) is 4.74 Å². The Labute approximate surface area is 121 Å². The van der Waals surface area contributed by atoms with Crippen molar-refractivity contribution in [2.75, 3.05) is 13.7 Å². The summed E-state index contributed by atoms with van der Waals surface area (Å²) in [6.07, 6.45) is 3.04. The summed E-state index contributed by atoms with van der Waals surface area (Å²) in [5.74, 6) is 0.849. The Morgan fingerprint density at radius 1 is 1.45 bits per heavy atom. The van der Waals surface area contributed by atoms with E-state index in [9.17, 15) is 4.79 Å². The second-order valence-electron chi connectivity index (χ2n) is 5.38. The number of nitrogens with one attached hydrogen (secondary N) is 1. The number of ether oxygens (including phenoxy) is 1. The predicted octanol–water partition coefficient (Wildman–Crippen LogP) is 3.34. The number of hydrogen-bond acceptors (Lipinski definition) is 2. The first-order valence-corrected chi connectivity index (χ1v) is 7.36. The lowest BCUT2D eigenvalue weighted by molar-refractivity contribution is 0.189. The Morgan fingerprint density at radius 2 is 2.15 bits per heavy atom. The van der Waals surface area contributed by atoms with Gasteiger partial charge in [0, 0.05) is 12.6 Å². The number of benzene rings is 1. The second kappa shape index (κ2) is 6.64. The summed E-state index contributed by atoms with van der Waals surface area (Å²) in [5, 5.41) is 3.06. The number of hydrogen-bond donors (Lipinski definition) is 1. The molecule has 20 heavy (non-hydrogen) atoms. The van der Waals surface area contributed by atoms with Crippen LogP contribution in [0.15, 0.2) is 24.3 Å². The van der Waals surface area contributed by atoms with E-state index in [-0.39, 0.29) is 18.1 Å². The number of rotatable bonds is 4. The van der Waals surface area contributed by atoms with Gasteiger partial charge in [0.05, 0.1) is 13.2 Å². The van der Waals surface area contributed by atoms with Crippen molar-refractivity contribution in [1.29, 1.82) is 0 Å². The summed E-state index contributed by atoms with van der Waals surface area (Å²) >= 11 is 0. The van der Waals surface area contributed by atoms with E-state index < -0.39 is 0 Å².